The topological polar surface area (TPSA) is 47.4 Å². The highest BCUT2D eigenvalue weighted by molar-refractivity contribution is 6.07. The van der Waals surface area contributed by atoms with Crippen LogP contribution in [0.3, 0.4) is 0 Å². The molecule has 2 aromatic carbocycles. The number of para-hydroxylation sites is 2. The zero-order valence-corrected chi connectivity index (χ0v) is 14.1. The SMILES string of the molecule is COc1cccc2c1N(C(=O)c1cnn(-c3ccccc3)c1)CCC2. The molecular weight excluding hydrogens is 314 g/mol. The molecule has 1 aromatic heterocycles. The molecule has 5 heteroatoms. The van der Waals surface area contributed by atoms with Gasteiger partial charge in [0.05, 0.1) is 30.2 Å². The second-order valence-corrected chi connectivity index (χ2v) is 6.04. The standard InChI is InChI=1S/C20H19N3O2/c1-25-18-11-5-7-15-8-6-12-22(19(15)18)20(24)16-13-21-23(14-16)17-9-3-2-4-10-17/h2-5,7,9-11,13-14H,6,8,12H2,1H3. The minimum Gasteiger partial charge on any atom is -0.495 e. The Morgan fingerprint density at radius 2 is 1.96 bits per heavy atom. The molecule has 0 bridgehead atoms. The Morgan fingerprint density at radius 1 is 1.12 bits per heavy atom. The second kappa shape index (κ2) is 6.43. The van der Waals surface area contributed by atoms with Gasteiger partial charge >= 0.3 is 0 Å². The number of nitrogens with zero attached hydrogens (tertiary/aromatic N) is 3. The van der Waals surface area contributed by atoms with Gasteiger partial charge in [0.25, 0.3) is 5.91 Å². The van der Waals surface area contributed by atoms with E-state index in [2.05, 4.69) is 11.2 Å². The van der Waals surface area contributed by atoms with E-state index in [-0.39, 0.29) is 5.91 Å². The molecule has 4 rings (SSSR count). The summed E-state index contributed by atoms with van der Waals surface area (Å²) in [7, 11) is 1.64. The quantitative estimate of drug-likeness (QED) is 0.737. The first-order chi connectivity index (χ1) is 12.3. The van der Waals surface area contributed by atoms with Crippen molar-refractivity contribution < 1.29 is 9.53 Å². The first-order valence-electron chi connectivity index (χ1n) is 8.36. The smallest absolute Gasteiger partial charge is 0.261 e. The highest BCUT2D eigenvalue weighted by Gasteiger charge is 2.27. The van der Waals surface area contributed by atoms with Gasteiger partial charge in [-0.3, -0.25) is 4.79 Å². The summed E-state index contributed by atoms with van der Waals surface area (Å²) in [6.07, 6.45) is 5.30. The summed E-state index contributed by atoms with van der Waals surface area (Å²) in [5.74, 6) is 0.689. The van der Waals surface area contributed by atoms with Gasteiger partial charge in [-0.05, 0) is 36.6 Å². The van der Waals surface area contributed by atoms with Gasteiger partial charge in [-0.1, -0.05) is 30.3 Å². The van der Waals surface area contributed by atoms with Gasteiger partial charge in [-0.2, -0.15) is 5.10 Å². The first kappa shape index (κ1) is 15.4. The Balaban J connectivity index is 1.69. The second-order valence-electron chi connectivity index (χ2n) is 6.04. The third-order valence-electron chi connectivity index (χ3n) is 4.50. The lowest BCUT2D eigenvalue weighted by Gasteiger charge is -2.30. The monoisotopic (exact) mass is 333 g/mol. The van der Waals surface area contributed by atoms with Gasteiger partial charge in [0.1, 0.15) is 5.75 Å². The zero-order chi connectivity index (χ0) is 17.2. The lowest BCUT2D eigenvalue weighted by Crippen LogP contribution is -2.35. The van der Waals surface area contributed by atoms with Crippen LogP contribution in [0.15, 0.2) is 60.9 Å². The number of aromatic nitrogens is 2. The number of benzene rings is 2. The average molecular weight is 333 g/mol. The Morgan fingerprint density at radius 3 is 2.76 bits per heavy atom. The highest BCUT2D eigenvalue weighted by Crippen LogP contribution is 2.36. The number of rotatable bonds is 3. The highest BCUT2D eigenvalue weighted by atomic mass is 16.5. The van der Waals surface area contributed by atoms with Crippen LogP contribution in [0.2, 0.25) is 0 Å². The summed E-state index contributed by atoms with van der Waals surface area (Å²) in [5.41, 5.74) is 3.53. The summed E-state index contributed by atoms with van der Waals surface area (Å²) in [6.45, 7) is 0.683. The van der Waals surface area contributed by atoms with Gasteiger partial charge in [0, 0.05) is 12.7 Å². The molecule has 0 saturated carbocycles. The van der Waals surface area contributed by atoms with E-state index < -0.39 is 0 Å². The molecule has 0 N–H and O–H groups in total. The number of methoxy groups -OCH3 is 1. The van der Waals surface area contributed by atoms with Crippen LogP contribution in [-0.4, -0.2) is 29.3 Å². The molecule has 1 amide bonds. The van der Waals surface area contributed by atoms with E-state index in [4.69, 9.17) is 4.74 Å². The molecule has 5 nitrogen and oxygen atoms in total. The van der Waals surface area contributed by atoms with E-state index >= 15 is 0 Å². The molecular formula is C20H19N3O2. The van der Waals surface area contributed by atoms with E-state index in [9.17, 15) is 4.79 Å². The van der Waals surface area contributed by atoms with Crippen LogP contribution in [0.4, 0.5) is 5.69 Å². The van der Waals surface area contributed by atoms with Gasteiger partial charge in [-0.15, -0.1) is 0 Å². The average Bonchev–Trinajstić information content (AvgIpc) is 3.17. The maximum Gasteiger partial charge on any atom is 0.261 e. The summed E-state index contributed by atoms with van der Waals surface area (Å²) in [6, 6.07) is 15.7. The predicted octanol–water partition coefficient (Wildman–Crippen LogP) is 3.47. The molecule has 1 aliphatic heterocycles. The number of ether oxygens (including phenoxy) is 1. The van der Waals surface area contributed by atoms with Crippen molar-refractivity contribution in [1.29, 1.82) is 0 Å². The number of carbonyl (C=O) groups is 1. The molecule has 0 aliphatic carbocycles. The van der Waals surface area contributed by atoms with Crippen LogP contribution in [0, 0.1) is 0 Å². The third-order valence-corrected chi connectivity index (χ3v) is 4.50. The van der Waals surface area contributed by atoms with Crippen molar-refractivity contribution in [2.45, 2.75) is 12.8 Å². The van der Waals surface area contributed by atoms with Crippen molar-refractivity contribution in [3.8, 4) is 11.4 Å². The van der Waals surface area contributed by atoms with Gasteiger partial charge in [-0.25, -0.2) is 4.68 Å². The molecule has 126 valence electrons. The van der Waals surface area contributed by atoms with E-state index in [1.807, 2.05) is 47.4 Å². The lowest BCUT2D eigenvalue weighted by molar-refractivity contribution is 0.0984. The number of fused-ring (bicyclic) bond motifs is 1. The fraction of sp³-hybridized carbons (Fsp3) is 0.200. The van der Waals surface area contributed by atoms with Crippen molar-refractivity contribution in [2.24, 2.45) is 0 Å². The van der Waals surface area contributed by atoms with Gasteiger partial charge < -0.3 is 9.64 Å². The van der Waals surface area contributed by atoms with Crippen LogP contribution in [0.5, 0.6) is 5.75 Å². The molecule has 2 heterocycles. The van der Waals surface area contributed by atoms with Crippen molar-refractivity contribution in [3.63, 3.8) is 0 Å². The normalized spacial score (nSPS) is 13.4. The largest absolute Gasteiger partial charge is 0.495 e. The summed E-state index contributed by atoms with van der Waals surface area (Å²) in [4.78, 5) is 14.9. The number of hydrogen-bond donors (Lipinski definition) is 0. The van der Waals surface area contributed by atoms with Crippen molar-refractivity contribution in [3.05, 3.63) is 72.1 Å². The Labute approximate surface area is 146 Å². The number of aryl methyl sites for hydroxylation is 1. The molecule has 0 spiro atoms. The number of hydrogen-bond acceptors (Lipinski definition) is 3. The van der Waals surface area contributed by atoms with E-state index in [1.54, 1.807) is 24.2 Å². The fourth-order valence-electron chi connectivity index (χ4n) is 3.29. The Bertz CT molecular complexity index is 888. The van der Waals surface area contributed by atoms with Crippen LogP contribution >= 0.6 is 0 Å². The van der Waals surface area contributed by atoms with Gasteiger partial charge in [0.15, 0.2) is 0 Å². The minimum atomic E-state index is -0.0485. The molecule has 25 heavy (non-hydrogen) atoms. The number of carbonyl (C=O) groups excluding carboxylic acids is 1. The Kier molecular flexibility index (Phi) is 3.98. The maximum absolute atomic E-state index is 13.1. The fourth-order valence-corrected chi connectivity index (χ4v) is 3.29. The molecule has 0 atom stereocenters. The number of anilines is 1. The summed E-state index contributed by atoms with van der Waals surface area (Å²) >= 11 is 0. The van der Waals surface area contributed by atoms with Crippen molar-refractivity contribution in [2.75, 3.05) is 18.6 Å². The third kappa shape index (κ3) is 2.78. The van der Waals surface area contributed by atoms with Crippen LogP contribution in [-0.2, 0) is 6.42 Å². The van der Waals surface area contributed by atoms with E-state index in [0.29, 0.717) is 12.1 Å². The first-order valence-corrected chi connectivity index (χ1v) is 8.36. The summed E-state index contributed by atoms with van der Waals surface area (Å²) in [5, 5.41) is 4.34. The minimum absolute atomic E-state index is 0.0485. The maximum atomic E-state index is 13.1. The zero-order valence-electron chi connectivity index (χ0n) is 14.1. The van der Waals surface area contributed by atoms with Crippen molar-refractivity contribution in [1.82, 2.24) is 9.78 Å². The molecule has 0 radical (unpaired) electrons. The predicted molar refractivity (Wildman–Crippen MR) is 96.6 cm³/mol. The van der Waals surface area contributed by atoms with Crippen LogP contribution in [0.25, 0.3) is 5.69 Å². The molecule has 0 saturated heterocycles. The molecule has 3 aromatic rings. The number of amides is 1. The molecule has 0 unspecified atom stereocenters. The summed E-state index contributed by atoms with van der Waals surface area (Å²) < 4.78 is 7.21. The molecule has 0 fully saturated rings. The van der Waals surface area contributed by atoms with Crippen LogP contribution in [0.1, 0.15) is 22.3 Å². The lowest BCUT2D eigenvalue weighted by atomic mass is 10.0. The van der Waals surface area contributed by atoms with Crippen LogP contribution < -0.4 is 9.64 Å². The van der Waals surface area contributed by atoms with E-state index in [0.717, 1.165) is 35.5 Å². The molecule has 1 aliphatic rings. The van der Waals surface area contributed by atoms with Gasteiger partial charge in [0.2, 0.25) is 0 Å². The Hall–Kier alpha value is -3.08. The van der Waals surface area contributed by atoms with E-state index in [1.165, 1.54) is 0 Å². The van der Waals surface area contributed by atoms with Crippen molar-refractivity contribution >= 4 is 11.6 Å².